The molecule has 3 rings (SSSR count). The molecule has 0 radical (unpaired) electrons. The Morgan fingerprint density at radius 1 is 1.29 bits per heavy atom. The molecule has 0 saturated heterocycles. The molecule has 3 N–H and O–H groups in total. The number of carbonyl (C=O) groups excluding carboxylic acids is 1. The summed E-state index contributed by atoms with van der Waals surface area (Å²) in [4.78, 5) is 46.2. The normalized spacial score (nSPS) is 11.1. The molecular weight excluding hydrogens is 418 g/mol. The first-order chi connectivity index (χ1) is 14.8. The van der Waals surface area contributed by atoms with Gasteiger partial charge in [0, 0.05) is 31.1 Å². The number of methoxy groups -OCH3 is 1. The third kappa shape index (κ3) is 4.92. The standard InChI is InChI=1S/C21H25N5O4S/c1-13(2)11-26-17(22)16(18(27)24-21(26)29)25(9-10-30-3)20(28)15-12-31-19(23-15)14-7-5-4-6-8-14/h4-8,12-13H,9-11,22H2,1-3H3,(H,24,27,29). The Hall–Kier alpha value is -3.24. The quantitative estimate of drug-likeness (QED) is 0.550. The molecule has 2 aromatic heterocycles. The summed E-state index contributed by atoms with van der Waals surface area (Å²) in [5.74, 6) is -0.457. The molecule has 0 spiro atoms. The fraction of sp³-hybridized carbons (Fsp3) is 0.333. The monoisotopic (exact) mass is 443 g/mol. The molecule has 1 amide bonds. The van der Waals surface area contributed by atoms with Gasteiger partial charge < -0.3 is 10.5 Å². The number of H-pyrrole nitrogens is 1. The number of nitrogens with zero attached hydrogens (tertiary/aromatic N) is 3. The average molecular weight is 444 g/mol. The van der Waals surface area contributed by atoms with Crippen molar-refractivity contribution in [2.45, 2.75) is 20.4 Å². The zero-order valence-corrected chi connectivity index (χ0v) is 18.4. The van der Waals surface area contributed by atoms with E-state index in [-0.39, 0.29) is 36.3 Å². The molecule has 0 bridgehead atoms. The van der Waals surface area contributed by atoms with E-state index in [4.69, 9.17) is 10.5 Å². The number of thiazole rings is 1. The van der Waals surface area contributed by atoms with Crippen molar-refractivity contribution in [1.29, 1.82) is 0 Å². The maximum Gasteiger partial charge on any atom is 0.330 e. The Morgan fingerprint density at radius 2 is 2.00 bits per heavy atom. The molecule has 0 unspecified atom stereocenters. The third-order valence-corrected chi connectivity index (χ3v) is 5.43. The molecule has 3 aromatic rings. The highest BCUT2D eigenvalue weighted by atomic mass is 32.1. The Labute approximate surface area is 183 Å². The van der Waals surface area contributed by atoms with Crippen LogP contribution in [0.1, 0.15) is 24.3 Å². The van der Waals surface area contributed by atoms with Gasteiger partial charge in [-0.2, -0.15) is 0 Å². The molecule has 9 nitrogen and oxygen atoms in total. The topological polar surface area (TPSA) is 123 Å². The lowest BCUT2D eigenvalue weighted by Gasteiger charge is -2.24. The number of rotatable bonds is 8. The van der Waals surface area contributed by atoms with Gasteiger partial charge in [-0.3, -0.25) is 24.0 Å². The van der Waals surface area contributed by atoms with E-state index in [2.05, 4.69) is 9.97 Å². The van der Waals surface area contributed by atoms with Gasteiger partial charge in [0.1, 0.15) is 16.5 Å². The van der Waals surface area contributed by atoms with Crippen LogP contribution >= 0.6 is 11.3 Å². The fourth-order valence-corrected chi connectivity index (χ4v) is 3.91. The van der Waals surface area contributed by atoms with Crippen LogP contribution in [-0.4, -0.2) is 40.7 Å². The Kier molecular flexibility index (Phi) is 7.03. The van der Waals surface area contributed by atoms with Gasteiger partial charge in [-0.1, -0.05) is 44.2 Å². The summed E-state index contributed by atoms with van der Waals surface area (Å²) in [6.45, 7) is 4.38. The van der Waals surface area contributed by atoms with Crippen LogP contribution in [0.4, 0.5) is 11.5 Å². The lowest BCUT2D eigenvalue weighted by Crippen LogP contribution is -2.43. The first-order valence-electron chi connectivity index (χ1n) is 9.77. The van der Waals surface area contributed by atoms with E-state index in [1.807, 2.05) is 44.2 Å². The predicted molar refractivity (Wildman–Crippen MR) is 122 cm³/mol. The van der Waals surface area contributed by atoms with Crippen molar-refractivity contribution in [2.75, 3.05) is 30.9 Å². The minimum atomic E-state index is -0.731. The summed E-state index contributed by atoms with van der Waals surface area (Å²) in [6.07, 6.45) is 0. The van der Waals surface area contributed by atoms with Crippen LogP contribution in [0.2, 0.25) is 0 Å². The van der Waals surface area contributed by atoms with Gasteiger partial charge >= 0.3 is 5.69 Å². The van der Waals surface area contributed by atoms with E-state index in [1.54, 1.807) is 5.38 Å². The van der Waals surface area contributed by atoms with Crippen LogP contribution < -0.4 is 21.9 Å². The first-order valence-corrected chi connectivity index (χ1v) is 10.7. The van der Waals surface area contributed by atoms with E-state index in [0.717, 1.165) is 5.56 Å². The summed E-state index contributed by atoms with van der Waals surface area (Å²) in [6, 6.07) is 9.49. The lowest BCUT2D eigenvalue weighted by atomic mass is 10.2. The molecule has 0 saturated carbocycles. The Balaban J connectivity index is 2.05. The van der Waals surface area contributed by atoms with Crippen molar-refractivity contribution in [3.05, 3.63) is 62.2 Å². The summed E-state index contributed by atoms with van der Waals surface area (Å²) in [5.41, 5.74) is 5.85. The largest absolute Gasteiger partial charge is 0.383 e. The molecule has 31 heavy (non-hydrogen) atoms. The molecule has 0 aliphatic carbocycles. The minimum Gasteiger partial charge on any atom is -0.383 e. The number of nitrogens with two attached hydrogens (primary N) is 1. The number of carbonyl (C=O) groups is 1. The van der Waals surface area contributed by atoms with Crippen molar-refractivity contribution in [2.24, 2.45) is 5.92 Å². The molecule has 2 heterocycles. The van der Waals surface area contributed by atoms with Gasteiger partial charge in [0.25, 0.3) is 11.5 Å². The van der Waals surface area contributed by atoms with Crippen LogP contribution in [0, 0.1) is 5.92 Å². The van der Waals surface area contributed by atoms with Gasteiger partial charge in [0.05, 0.1) is 6.61 Å². The van der Waals surface area contributed by atoms with E-state index >= 15 is 0 Å². The van der Waals surface area contributed by atoms with E-state index in [1.165, 1.54) is 27.9 Å². The number of nitrogen functional groups attached to an aromatic ring is 1. The number of amides is 1. The second-order valence-corrected chi connectivity index (χ2v) is 8.21. The highest BCUT2D eigenvalue weighted by Gasteiger charge is 2.27. The summed E-state index contributed by atoms with van der Waals surface area (Å²) in [7, 11) is 1.49. The van der Waals surface area contributed by atoms with Crippen LogP contribution in [0.5, 0.6) is 0 Å². The molecule has 1 aromatic carbocycles. The molecule has 0 fully saturated rings. The van der Waals surface area contributed by atoms with E-state index < -0.39 is 17.2 Å². The second-order valence-electron chi connectivity index (χ2n) is 7.35. The molecule has 0 aliphatic heterocycles. The maximum atomic E-state index is 13.3. The number of hydrogen-bond donors (Lipinski definition) is 2. The second kappa shape index (κ2) is 9.71. The predicted octanol–water partition coefficient (Wildman–Crippen LogP) is 2.19. The highest BCUT2D eigenvalue weighted by molar-refractivity contribution is 7.13. The number of nitrogens with one attached hydrogen (secondary N) is 1. The number of anilines is 2. The van der Waals surface area contributed by atoms with Crippen molar-refractivity contribution in [3.8, 4) is 10.6 Å². The highest BCUT2D eigenvalue weighted by Crippen LogP contribution is 2.26. The van der Waals surface area contributed by atoms with Gasteiger partial charge in [-0.25, -0.2) is 9.78 Å². The van der Waals surface area contributed by atoms with Crippen molar-refractivity contribution >= 4 is 28.7 Å². The number of aromatic amines is 1. The third-order valence-electron chi connectivity index (χ3n) is 4.54. The van der Waals surface area contributed by atoms with Crippen molar-refractivity contribution < 1.29 is 9.53 Å². The summed E-state index contributed by atoms with van der Waals surface area (Å²) in [5, 5.41) is 2.32. The number of aromatic nitrogens is 3. The zero-order chi connectivity index (χ0) is 22.5. The minimum absolute atomic E-state index is 0.0644. The molecule has 0 atom stereocenters. The summed E-state index contributed by atoms with van der Waals surface area (Å²) < 4.78 is 6.39. The average Bonchev–Trinajstić information content (AvgIpc) is 3.23. The SMILES string of the molecule is COCCN(C(=O)c1csc(-c2ccccc2)n1)c1c(N)n(CC(C)C)c(=O)[nH]c1=O. The van der Waals surface area contributed by atoms with Crippen LogP contribution in [0.15, 0.2) is 45.3 Å². The van der Waals surface area contributed by atoms with E-state index in [0.29, 0.717) is 11.6 Å². The Morgan fingerprint density at radius 3 is 2.65 bits per heavy atom. The van der Waals surface area contributed by atoms with Gasteiger partial charge in [-0.15, -0.1) is 11.3 Å². The number of benzene rings is 1. The first kappa shape index (κ1) is 22.4. The lowest BCUT2D eigenvalue weighted by molar-refractivity contribution is 0.0971. The fourth-order valence-electron chi connectivity index (χ4n) is 3.11. The molecule has 164 valence electrons. The zero-order valence-electron chi connectivity index (χ0n) is 17.6. The van der Waals surface area contributed by atoms with Crippen LogP contribution in [0.3, 0.4) is 0 Å². The Bertz CT molecular complexity index is 1170. The number of ether oxygens (including phenoxy) is 1. The van der Waals surface area contributed by atoms with Gasteiger partial charge in [0.2, 0.25) is 0 Å². The smallest absolute Gasteiger partial charge is 0.330 e. The van der Waals surface area contributed by atoms with Crippen LogP contribution in [0.25, 0.3) is 10.6 Å². The van der Waals surface area contributed by atoms with Crippen molar-refractivity contribution in [1.82, 2.24) is 14.5 Å². The van der Waals surface area contributed by atoms with Gasteiger partial charge in [-0.05, 0) is 5.92 Å². The van der Waals surface area contributed by atoms with Crippen LogP contribution in [-0.2, 0) is 11.3 Å². The molecular formula is C21H25N5O4S. The maximum absolute atomic E-state index is 13.3. The molecule has 0 aliphatic rings. The number of hydrogen-bond acceptors (Lipinski definition) is 7. The van der Waals surface area contributed by atoms with E-state index in [9.17, 15) is 14.4 Å². The summed E-state index contributed by atoms with van der Waals surface area (Å²) >= 11 is 1.33. The molecule has 10 heteroatoms. The van der Waals surface area contributed by atoms with Gasteiger partial charge in [0.15, 0.2) is 5.69 Å². The van der Waals surface area contributed by atoms with Crippen molar-refractivity contribution in [3.63, 3.8) is 0 Å².